The summed E-state index contributed by atoms with van der Waals surface area (Å²) in [5.74, 6) is 0.494. The Bertz CT molecular complexity index is 413. The summed E-state index contributed by atoms with van der Waals surface area (Å²) in [6.07, 6.45) is 5.09. The van der Waals surface area contributed by atoms with Crippen LogP contribution in [0.4, 0.5) is 10.1 Å². The Balaban J connectivity index is 2.33. The summed E-state index contributed by atoms with van der Waals surface area (Å²) in [6, 6.07) is 6.05. The zero-order valence-corrected chi connectivity index (χ0v) is 13.4. The Hall–Kier alpha value is -0.570. The fourth-order valence-corrected chi connectivity index (χ4v) is 3.56. The molecule has 106 valence electrons. The minimum absolute atomic E-state index is 0.0962. The van der Waals surface area contributed by atoms with Gasteiger partial charge in [-0.2, -0.15) is 0 Å². The van der Waals surface area contributed by atoms with Gasteiger partial charge in [-0.25, -0.2) is 4.39 Å². The van der Waals surface area contributed by atoms with Crippen LogP contribution in [0.1, 0.15) is 45.1 Å². The maximum absolute atomic E-state index is 14.0. The molecule has 3 heteroatoms. The van der Waals surface area contributed by atoms with E-state index in [0.717, 1.165) is 17.8 Å². The third-order valence-electron chi connectivity index (χ3n) is 3.86. The van der Waals surface area contributed by atoms with E-state index in [1.54, 1.807) is 6.07 Å². The van der Waals surface area contributed by atoms with Crippen molar-refractivity contribution in [1.29, 1.82) is 0 Å². The summed E-state index contributed by atoms with van der Waals surface area (Å²) in [6.45, 7) is 5.47. The Morgan fingerprint density at radius 1 is 1.32 bits per heavy atom. The number of hydrogen-bond acceptors (Lipinski definition) is 1. The molecule has 1 aromatic carbocycles. The first-order chi connectivity index (χ1) is 9.13. The summed E-state index contributed by atoms with van der Waals surface area (Å²) >= 11 is 3.44. The van der Waals surface area contributed by atoms with Gasteiger partial charge in [0.1, 0.15) is 5.82 Å². The third kappa shape index (κ3) is 3.50. The van der Waals surface area contributed by atoms with Crippen molar-refractivity contribution in [2.75, 3.05) is 11.4 Å². The average Bonchev–Trinajstić information content (AvgIpc) is 2.89. The van der Waals surface area contributed by atoms with Crippen molar-refractivity contribution in [2.24, 2.45) is 5.92 Å². The standard InChI is InChI=1S/C16H23BrFN/c1-12(2)11-19(13-6-3-4-7-13)16-9-5-8-15(18)14(16)10-17/h5,8-9,12-13H,3-4,6-7,10-11H2,1-2H3. The second-order valence-corrected chi connectivity index (χ2v) is 6.42. The van der Waals surface area contributed by atoms with E-state index in [-0.39, 0.29) is 5.82 Å². The lowest BCUT2D eigenvalue weighted by atomic mass is 10.1. The van der Waals surface area contributed by atoms with Crippen LogP contribution < -0.4 is 4.90 Å². The number of nitrogens with zero attached hydrogens (tertiary/aromatic N) is 1. The molecule has 1 aliphatic rings. The Morgan fingerprint density at radius 3 is 2.58 bits per heavy atom. The molecule has 0 heterocycles. The quantitative estimate of drug-likeness (QED) is 0.678. The Kier molecular flexibility index (Phi) is 5.26. The zero-order chi connectivity index (χ0) is 13.8. The van der Waals surface area contributed by atoms with Crippen LogP contribution in [-0.2, 0) is 5.33 Å². The highest BCUT2D eigenvalue weighted by Gasteiger charge is 2.25. The minimum atomic E-state index is -0.0962. The molecular formula is C16H23BrFN. The molecule has 0 saturated heterocycles. The highest BCUT2D eigenvalue weighted by atomic mass is 79.9. The summed E-state index contributed by atoms with van der Waals surface area (Å²) in [5, 5.41) is 0.580. The summed E-state index contributed by atoms with van der Waals surface area (Å²) in [7, 11) is 0. The molecule has 0 unspecified atom stereocenters. The first-order valence-corrected chi connectivity index (χ1v) is 8.35. The van der Waals surface area contributed by atoms with Crippen LogP contribution in [-0.4, -0.2) is 12.6 Å². The number of benzene rings is 1. The summed E-state index contributed by atoms with van der Waals surface area (Å²) < 4.78 is 14.0. The molecule has 1 aromatic rings. The van der Waals surface area contributed by atoms with Gasteiger partial charge in [0.2, 0.25) is 0 Å². The lowest BCUT2D eigenvalue weighted by molar-refractivity contribution is 0.531. The average molecular weight is 328 g/mol. The SMILES string of the molecule is CC(C)CN(c1cccc(F)c1CBr)C1CCCC1. The van der Waals surface area contributed by atoms with Crippen molar-refractivity contribution in [3.63, 3.8) is 0 Å². The van der Waals surface area contributed by atoms with Gasteiger partial charge < -0.3 is 4.90 Å². The molecule has 1 saturated carbocycles. The van der Waals surface area contributed by atoms with Crippen LogP contribution >= 0.6 is 15.9 Å². The monoisotopic (exact) mass is 327 g/mol. The molecule has 0 aromatic heterocycles. The largest absolute Gasteiger partial charge is 0.368 e. The van der Waals surface area contributed by atoms with E-state index in [2.05, 4.69) is 40.7 Å². The smallest absolute Gasteiger partial charge is 0.129 e. The van der Waals surface area contributed by atoms with Gasteiger partial charge in [0, 0.05) is 29.2 Å². The van der Waals surface area contributed by atoms with Crippen molar-refractivity contribution < 1.29 is 4.39 Å². The zero-order valence-electron chi connectivity index (χ0n) is 11.8. The van der Waals surface area contributed by atoms with Gasteiger partial charge in [0.05, 0.1) is 0 Å². The molecule has 0 amide bonds. The topological polar surface area (TPSA) is 3.24 Å². The van der Waals surface area contributed by atoms with E-state index in [0.29, 0.717) is 17.3 Å². The molecule has 1 fully saturated rings. The normalized spacial score (nSPS) is 16.3. The summed E-state index contributed by atoms with van der Waals surface area (Å²) in [4.78, 5) is 2.44. The maximum atomic E-state index is 14.0. The van der Waals surface area contributed by atoms with E-state index in [4.69, 9.17) is 0 Å². The van der Waals surface area contributed by atoms with Crippen LogP contribution in [0.5, 0.6) is 0 Å². The molecule has 0 atom stereocenters. The van der Waals surface area contributed by atoms with Crippen LogP contribution in [0.15, 0.2) is 18.2 Å². The molecule has 1 aliphatic carbocycles. The molecule has 1 nitrogen and oxygen atoms in total. The fraction of sp³-hybridized carbons (Fsp3) is 0.625. The minimum Gasteiger partial charge on any atom is -0.368 e. The molecule has 2 rings (SSSR count). The van der Waals surface area contributed by atoms with Crippen LogP contribution in [0.25, 0.3) is 0 Å². The van der Waals surface area contributed by atoms with Gasteiger partial charge in [-0.15, -0.1) is 0 Å². The molecule has 0 radical (unpaired) electrons. The van der Waals surface area contributed by atoms with Crippen molar-refractivity contribution in [3.05, 3.63) is 29.6 Å². The first kappa shape index (κ1) is 14.8. The van der Waals surface area contributed by atoms with Crippen molar-refractivity contribution in [2.45, 2.75) is 50.9 Å². The Morgan fingerprint density at radius 2 is 2.00 bits per heavy atom. The van der Waals surface area contributed by atoms with Crippen LogP contribution in [0, 0.1) is 11.7 Å². The number of alkyl halides is 1. The Labute approximate surface area is 124 Å². The van der Waals surface area contributed by atoms with E-state index >= 15 is 0 Å². The number of hydrogen-bond donors (Lipinski definition) is 0. The molecule has 0 spiro atoms. The van der Waals surface area contributed by atoms with Crippen molar-refractivity contribution in [3.8, 4) is 0 Å². The van der Waals surface area contributed by atoms with Crippen molar-refractivity contribution >= 4 is 21.6 Å². The number of rotatable bonds is 5. The first-order valence-electron chi connectivity index (χ1n) is 7.23. The van der Waals surface area contributed by atoms with Gasteiger partial charge in [0.15, 0.2) is 0 Å². The third-order valence-corrected chi connectivity index (χ3v) is 4.43. The molecule has 0 N–H and O–H groups in total. The van der Waals surface area contributed by atoms with Crippen LogP contribution in [0.3, 0.4) is 0 Å². The van der Waals surface area contributed by atoms with Gasteiger partial charge in [0.25, 0.3) is 0 Å². The fourth-order valence-electron chi connectivity index (χ4n) is 3.00. The molecule has 19 heavy (non-hydrogen) atoms. The van der Waals surface area contributed by atoms with Gasteiger partial charge in [-0.3, -0.25) is 0 Å². The second-order valence-electron chi connectivity index (χ2n) is 5.86. The van der Waals surface area contributed by atoms with E-state index in [1.807, 2.05) is 6.07 Å². The van der Waals surface area contributed by atoms with Gasteiger partial charge in [-0.05, 0) is 30.9 Å². The highest BCUT2D eigenvalue weighted by Crippen LogP contribution is 2.33. The lowest BCUT2D eigenvalue weighted by Gasteiger charge is -2.34. The van der Waals surface area contributed by atoms with Gasteiger partial charge in [-0.1, -0.05) is 48.7 Å². The van der Waals surface area contributed by atoms with Gasteiger partial charge >= 0.3 is 0 Å². The maximum Gasteiger partial charge on any atom is 0.129 e. The summed E-state index contributed by atoms with van der Waals surface area (Å²) in [5.41, 5.74) is 1.88. The van der Waals surface area contributed by atoms with Crippen LogP contribution in [0.2, 0.25) is 0 Å². The predicted molar refractivity (Wildman–Crippen MR) is 83.5 cm³/mol. The molecule has 0 bridgehead atoms. The lowest BCUT2D eigenvalue weighted by Crippen LogP contribution is -2.37. The second kappa shape index (κ2) is 6.74. The number of halogens is 2. The van der Waals surface area contributed by atoms with Crippen molar-refractivity contribution in [1.82, 2.24) is 0 Å². The number of anilines is 1. The van der Waals surface area contributed by atoms with E-state index < -0.39 is 0 Å². The van der Waals surface area contributed by atoms with E-state index in [9.17, 15) is 4.39 Å². The molecule has 0 aliphatic heterocycles. The molecular weight excluding hydrogens is 305 g/mol. The van der Waals surface area contributed by atoms with E-state index in [1.165, 1.54) is 25.7 Å². The highest BCUT2D eigenvalue weighted by molar-refractivity contribution is 9.08. The predicted octanol–water partition coefficient (Wildman–Crippen LogP) is 5.13.